The molecule has 1 saturated carbocycles. The predicted octanol–water partition coefficient (Wildman–Crippen LogP) is 1.77. The van der Waals surface area contributed by atoms with Crippen LogP contribution in [-0.2, 0) is 0 Å². The average molecular weight is 193 g/mol. The minimum Gasteiger partial charge on any atom is -0.349 e. The Kier molecular flexibility index (Phi) is 2.48. The van der Waals surface area contributed by atoms with Crippen LogP contribution in [0.1, 0.15) is 16.8 Å². The summed E-state index contributed by atoms with van der Waals surface area (Å²) in [6.07, 6.45) is 0.773. The van der Waals surface area contributed by atoms with Crippen molar-refractivity contribution < 1.29 is 9.18 Å². The summed E-state index contributed by atoms with van der Waals surface area (Å²) in [6.45, 7) is -0.334. The number of nitrogens with one attached hydrogen (secondary N) is 1. The standard InChI is InChI=1S/C11H12FNO/c12-7-9-6-10(9)13-11(14)8-4-2-1-3-5-8/h1-5,9-10H,6-7H2,(H,13,14)/t9-,10-/m1/s1. The van der Waals surface area contributed by atoms with Crippen molar-refractivity contribution in [2.75, 3.05) is 6.67 Å². The predicted molar refractivity (Wildman–Crippen MR) is 51.8 cm³/mol. The highest BCUT2D eigenvalue weighted by atomic mass is 19.1. The number of alkyl halides is 1. The molecule has 0 unspecified atom stereocenters. The largest absolute Gasteiger partial charge is 0.349 e. The van der Waals surface area contributed by atoms with Gasteiger partial charge in [-0.3, -0.25) is 9.18 Å². The Bertz CT molecular complexity index is 325. The molecule has 0 bridgehead atoms. The molecule has 1 aliphatic carbocycles. The van der Waals surface area contributed by atoms with Gasteiger partial charge in [-0.2, -0.15) is 0 Å². The quantitative estimate of drug-likeness (QED) is 0.778. The van der Waals surface area contributed by atoms with Gasteiger partial charge in [-0.1, -0.05) is 18.2 Å². The van der Waals surface area contributed by atoms with Crippen LogP contribution in [0.2, 0.25) is 0 Å². The Morgan fingerprint density at radius 3 is 2.71 bits per heavy atom. The zero-order valence-electron chi connectivity index (χ0n) is 7.74. The topological polar surface area (TPSA) is 29.1 Å². The van der Waals surface area contributed by atoms with E-state index in [2.05, 4.69) is 5.32 Å². The van der Waals surface area contributed by atoms with Gasteiger partial charge in [-0.25, -0.2) is 0 Å². The first-order chi connectivity index (χ1) is 6.81. The van der Waals surface area contributed by atoms with Crippen molar-refractivity contribution in [3.8, 4) is 0 Å². The normalized spacial score (nSPS) is 24.4. The number of hydrogen-bond acceptors (Lipinski definition) is 1. The van der Waals surface area contributed by atoms with E-state index in [-0.39, 0.29) is 24.5 Å². The lowest BCUT2D eigenvalue weighted by molar-refractivity contribution is 0.0948. The molecule has 0 spiro atoms. The van der Waals surface area contributed by atoms with Gasteiger partial charge in [0, 0.05) is 17.5 Å². The summed E-state index contributed by atoms with van der Waals surface area (Å²) in [5.41, 5.74) is 0.636. The van der Waals surface area contributed by atoms with Crippen molar-refractivity contribution in [1.82, 2.24) is 5.32 Å². The van der Waals surface area contributed by atoms with Crippen molar-refractivity contribution >= 4 is 5.91 Å². The number of halogens is 1. The molecule has 0 saturated heterocycles. The minimum absolute atomic E-state index is 0.0441. The van der Waals surface area contributed by atoms with E-state index in [0.717, 1.165) is 6.42 Å². The number of amides is 1. The van der Waals surface area contributed by atoms with Crippen LogP contribution in [0.4, 0.5) is 4.39 Å². The van der Waals surface area contributed by atoms with E-state index < -0.39 is 0 Å². The first-order valence-electron chi connectivity index (χ1n) is 4.73. The second kappa shape index (κ2) is 3.78. The van der Waals surface area contributed by atoms with Gasteiger partial charge in [-0.05, 0) is 18.6 Å². The SMILES string of the molecule is O=C(N[C@@H]1C[C@@H]1CF)c1ccccc1. The van der Waals surface area contributed by atoms with Crippen molar-refractivity contribution in [2.45, 2.75) is 12.5 Å². The molecular weight excluding hydrogens is 181 g/mol. The maximum atomic E-state index is 12.1. The molecule has 1 N–H and O–H groups in total. The van der Waals surface area contributed by atoms with Crippen LogP contribution in [0.25, 0.3) is 0 Å². The van der Waals surface area contributed by atoms with Crippen LogP contribution >= 0.6 is 0 Å². The van der Waals surface area contributed by atoms with Crippen LogP contribution in [0.3, 0.4) is 0 Å². The summed E-state index contributed by atoms with van der Waals surface area (Å²) in [5.74, 6) is -0.0609. The number of rotatable bonds is 3. The van der Waals surface area contributed by atoms with Crippen LogP contribution in [-0.4, -0.2) is 18.6 Å². The van der Waals surface area contributed by atoms with Gasteiger partial charge >= 0.3 is 0 Å². The zero-order chi connectivity index (χ0) is 9.97. The van der Waals surface area contributed by atoms with Crippen molar-refractivity contribution in [3.05, 3.63) is 35.9 Å². The maximum Gasteiger partial charge on any atom is 0.251 e. The number of carbonyl (C=O) groups excluding carboxylic acids is 1. The van der Waals surface area contributed by atoms with E-state index >= 15 is 0 Å². The average Bonchev–Trinajstić information content (AvgIpc) is 2.98. The van der Waals surface area contributed by atoms with Gasteiger partial charge in [-0.15, -0.1) is 0 Å². The number of carbonyl (C=O) groups is 1. The third kappa shape index (κ3) is 1.92. The summed E-state index contributed by atoms with van der Waals surface area (Å²) in [5, 5.41) is 2.79. The van der Waals surface area contributed by atoms with Gasteiger partial charge in [0.05, 0.1) is 6.67 Å². The molecule has 0 heterocycles. The van der Waals surface area contributed by atoms with Gasteiger partial charge in [0.15, 0.2) is 0 Å². The molecular formula is C11H12FNO. The van der Waals surface area contributed by atoms with E-state index in [1.807, 2.05) is 18.2 Å². The highest BCUT2D eigenvalue weighted by Crippen LogP contribution is 2.30. The fourth-order valence-corrected chi connectivity index (χ4v) is 1.44. The van der Waals surface area contributed by atoms with E-state index in [1.54, 1.807) is 12.1 Å². The molecule has 74 valence electrons. The van der Waals surface area contributed by atoms with Gasteiger partial charge in [0.25, 0.3) is 5.91 Å². The molecule has 0 aromatic heterocycles. The Hall–Kier alpha value is -1.38. The molecule has 0 aliphatic heterocycles. The van der Waals surface area contributed by atoms with E-state index in [0.29, 0.717) is 5.56 Å². The fraction of sp³-hybridized carbons (Fsp3) is 0.364. The molecule has 1 aromatic carbocycles. The van der Waals surface area contributed by atoms with Gasteiger partial charge < -0.3 is 5.32 Å². The lowest BCUT2D eigenvalue weighted by Crippen LogP contribution is -2.26. The summed E-state index contributed by atoms with van der Waals surface area (Å²) < 4.78 is 12.1. The maximum absolute atomic E-state index is 12.1. The van der Waals surface area contributed by atoms with Gasteiger partial charge in [0.2, 0.25) is 0 Å². The molecule has 1 fully saturated rings. The number of hydrogen-bond donors (Lipinski definition) is 1. The third-order valence-corrected chi connectivity index (χ3v) is 2.47. The van der Waals surface area contributed by atoms with Crippen LogP contribution in [0, 0.1) is 5.92 Å². The zero-order valence-corrected chi connectivity index (χ0v) is 7.74. The third-order valence-electron chi connectivity index (χ3n) is 2.47. The Balaban J connectivity index is 1.91. The summed E-state index contributed by atoms with van der Waals surface area (Å²) >= 11 is 0. The van der Waals surface area contributed by atoms with Crippen molar-refractivity contribution in [3.63, 3.8) is 0 Å². The molecule has 2 rings (SSSR count). The molecule has 2 atom stereocenters. The molecule has 0 radical (unpaired) electrons. The molecule has 2 nitrogen and oxygen atoms in total. The minimum atomic E-state index is -0.334. The Labute approximate surface area is 82.1 Å². The van der Waals surface area contributed by atoms with E-state index in [1.165, 1.54) is 0 Å². The molecule has 1 aromatic rings. The highest BCUT2D eigenvalue weighted by molar-refractivity contribution is 5.94. The van der Waals surface area contributed by atoms with Crippen LogP contribution in [0.5, 0.6) is 0 Å². The Morgan fingerprint density at radius 1 is 1.43 bits per heavy atom. The summed E-state index contributed by atoms with van der Waals surface area (Å²) in [6, 6.07) is 9.04. The van der Waals surface area contributed by atoms with Crippen molar-refractivity contribution in [2.24, 2.45) is 5.92 Å². The van der Waals surface area contributed by atoms with Gasteiger partial charge in [0.1, 0.15) is 0 Å². The Morgan fingerprint density at radius 2 is 2.14 bits per heavy atom. The molecule has 3 heteroatoms. The van der Waals surface area contributed by atoms with Crippen molar-refractivity contribution in [1.29, 1.82) is 0 Å². The monoisotopic (exact) mass is 193 g/mol. The summed E-state index contributed by atoms with van der Waals surface area (Å²) in [7, 11) is 0. The fourth-order valence-electron chi connectivity index (χ4n) is 1.44. The molecule has 14 heavy (non-hydrogen) atoms. The lowest BCUT2D eigenvalue weighted by Gasteiger charge is -2.02. The van der Waals surface area contributed by atoms with Crippen LogP contribution < -0.4 is 5.32 Å². The second-order valence-corrected chi connectivity index (χ2v) is 3.60. The molecule has 1 aliphatic rings. The lowest BCUT2D eigenvalue weighted by atomic mass is 10.2. The smallest absolute Gasteiger partial charge is 0.251 e. The molecule has 1 amide bonds. The second-order valence-electron chi connectivity index (χ2n) is 3.60. The first kappa shape index (κ1) is 9.19. The first-order valence-corrected chi connectivity index (χ1v) is 4.73. The highest BCUT2D eigenvalue weighted by Gasteiger charge is 2.38. The summed E-state index contributed by atoms with van der Waals surface area (Å²) in [4.78, 5) is 11.5. The van der Waals surface area contributed by atoms with Crippen LogP contribution in [0.15, 0.2) is 30.3 Å². The van der Waals surface area contributed by atoms with E-state index in [9.17, 15) is 9.18 Å². The van der Waals surface area contributed by atoms with E-state index in [4.69, 9.17) is 0 Å². The number of benzene rings is 1.